The van der Waals surface area contributed by atoms with Crippen molar-refractivity contribution in [3.8, 4) is 11.1 Å². The number of fused-ring (bicyclic) bond motifs is 3. The molecule has 4 heteroatoms. The van der Waals surface area contributed by atoms with Gasteiger partial charge < -0.3 is 0 Å². The van der Waals surface area contributed by atoms with E-state index in [1.165, 1.54) is 6.07 Å². The van der Waals surface area contributed by atoms with Crippen molar-refractivity contribution >= 4 is 11.6 Å². The maximum Gasteiger partial charge on any atom is 0.416 e. The summed E-state index contributed by atoms with van der Waals surface area (Å²) in [6, 6.07) is 17.9. The zero-order valence-corrected chi connectivity index (χ0v) is 14.0. The molecule has 0 fully saturated rings. The topological polar surface area (TPSA) is 0 Å². The highest BCUT2D eigenvalue weighted by Gasteiger charge is 2.37. The number of hydrogen-bond donors (Lipinski definition) is 0. The van der Waals surface area contributed by atoms with Gasteiger partial charge in [-0.3, -0.25) is 0 Å². The quantitative estimate of drug-likeness (QED) is 0.382. The second kappa shape index (κ2) is 5.92. The highest BCUT2D eigenvalue weighted by atomic mass is 35.5. The molecule has 1 aliphatic carbocycles. The minimum Gasteiger partial charge on any atom is -0.166 e. The molecule has 0 atom stereocenters. The van der Waals surface area contributed by atoms with Crippen LogP contribution in [0.2, 0.25) is 5.02 Å². The second-order valence-corrected chi connectivity index (χ2v) is 6.61. The average molecular weight is 359 g/mol. The van der Waals surface area contributed by atoms with Crippen LogP contribution in [0.1, 0.15) is 27.8 Å². The molecule has 0 heterocycles. The Labute approximate surface area is 148 Å². The SMILES string of the molecule is FC(F)(F)c1cc2c(c(Cl)c1Cc1ccccc1)Cc1ccccc1-2. The molecule has 25 heavy (non-hydrogen) atoms. The Kier molecular flexibility index (Phi) is 3.84. The van der Waals surface area contributed by atoms with Crippen molar-refractivity contribution in [2.45, 2.75) is 19.0 Å². The van der Waals surface area contributed by atoms with Crippen molar-refractivity contribution in [1.82, 2.24) is 0 Å². The number of hydrogen-bond acceptors (Lipinski definition) is 0. The molecule has 0 aliphatic heterocycles. The van der Waals surface area contributed by atoms with Crippen molar-refractivity contribution in [2.75, 3.05) is 0 Å². The number of alkyl halides is 3. The van der Waals surface area contributed by atoms with Crippen LogP contribution in [-0.4, -0.2) is 0 Å². The van der Waals surface area contributed by atoms with E-state index in [-0.39, 0.29) is 17.0 Å². The molecule has 4 rings (SSSR count). The molecular weight excluding hydrogens is 345 g/mol. The molecule has 0 nitrogen and oxygen atoms in total. The Bertz CT molecular complexity index is 943. The lowest BCUT2D eigenvalue weighted by Gasteiger charge is -2.18. The van der Waals surface area contributed by atoms with Crippen molar-refractivity contribution in [3.05, 3.63) is 93.5 Å². The van der Waals surface area contributed by atoms with Crippen molar-refractivity contribution < 1.29 is 13.2 Å². The van der Waals surface area contributed by atoms with Crippen LogP contribution in [0.3, 0.4) is 0 Å². The van der Waals surface area contributed by atoms with Crippen LogP contribution < -0.4 is 0 Å². The predicted molar refractivity (Wildman–Crippen MR) is 93.9 cm³/mol. The Morgan fingerprint density at radius 1 is 0.880 bits per heavy atom. The van der Waals surface area contributed by atoms with Crippen LogP contribution in [-0.2, 0) is 19.0 Å². The van der Waals surface area contributed by atoms with Crippen molar-refractivity contribution in [2.24, 2.45) is 0 Å². The van der Waals surface area contributed by atoms with Gasteiger partial charge in [-0.15, -0.1) is 0 Å². The summed E-state index contributed by atoms with van der Waals surface area (Å²) in [5.74, 6) is 0. The molecule has 0 saturated heterocycles. The molecule has 1 aliphatic rings. The maximum atomic E-state index is 13.7. The standard InChI is InChI=1S/C21H14ClF3/c22-20-17-11-14-8-4-5-9-15(14)16(17)12-19(21(23,24)25)18(20)10-13-6-2-1-3-7-13/h1-9,12H,10-11H2. The van der Waals surface area contributed by atoms with Crippen LogP contribution in [0.5, 0.6) is 0 Å². The Morgan fingerprint density at radius 3 is 2.28 bits per heavy atom. The summed E-state index contributed by atoms with van der Waals surface area (Å²) < 4.78 is 41.2. The third kappa shape index (κ3) is 2.83. The van der Waals surface area contributed by atoms with Crippen molar-refractivity contribution in [3.63, 3.8) is 0 Å². The first kappa shape index (κ1) is 16.2. The molecule has 0 N–H and O–H groups in total. The van der Waals surface area contributed by atoms with E-state index < -0.39 is 11.7 Å². The molecule has 3 aromatic rings. The Morgan fingerprint density at radius 2 is 1.56 bits per heavy atom. The molecule has 3 aromatic carbocycles. The van der Waals surface area contributed by atoms with E-state index >= 15 is 0 Å². The minimum absolute atomic E-state index is 0.159. The van der Waals surface area contributed by atoms with E-state index in [2.05, 4.69) is 0 Å². The lowest BCUT2D eigenvalue weighted by atomic mass is 9.93. The average Bonchev–Trinajstić information content (AvgIpc) is 2.96. The molecule has 0 aromatic heterocycles. The van der Waals surface area contributed by atoms with Gasteiger partial charge in [0, 0.05) is 11.4 Å². The molecule has 0 spiro atoms. The van der Waals surface area contributed by atoms with Gasteiger partial charge in [-0.05, 0) is 45.9 Å². The molecule has 0 amide bonds. The summed E-state index contributed by atoms with van der Waals surface area (Å²) in [7, 11) is 0. The summed E-state index contributed by atoms with van der Waals surface area (Å²) in [4.78, 5) is 0. The number of halogens is 4. The molecule has 126 valence electrons. The summed E-state index contributed by atoms with van der Waals surface area (Å²) in [5, 5.41) is 0.241. The normalized spacial score (nSPS) is 12.8. The highest BCUT2D eigenvalue weighted by Crippen LogP contribution is 2.46. The summed E-state index contributed by atoms with van der Waals surface area (Å²) in [6.07, 6.45) is -3.71. The molecule has 0 bridgehead atoms. The Hall–Kier alpha value is -2.26. The van der Waals surface area contributed by atoms with Crippen molar-refractivity contribution in [1.29, 1.82) is 0 Å². The minimum atomic E-state index is -4.44. The van der Waals surface area contributed by atoms with Gasteiger partial charge in [0.05, 0.1) is 5.56 Å². The third-order valence-electron chi connectivity index (χ3n) is 4.67. The van der Waals surface area contributed by atoms with Crippen LogP contribution in [0.15, 0.2) is 60.7 Å². The lowest BCUT2D eigenvalue weighted by molar-refractivity contribution is -0.138. The van der Waals surface area contributed by atoms with Gasteiger partial charge in [-0.2, -0.15) is 13.2 Å². The molecule has 0 radical (unpaired) electrons. The first-order valence-electron chi connectivity index (χ1n) is 7.99. The maximum absolute atomic E-state index is 13.7. The van der Waals surface area contributed by atoms with Crippen LogP contribution in [0, 0.1) is 0 Å². The fourth-order valence-corrected chi connectivity index (χ4v) is 3.84. The van der Waals surface area contributed by atoms with E-state index in [9.17, 15) is 13.2 Å². The van der Waals surface area contributed by atoms with Gasteiger partial charge >= 0.3 is 6.18 Å². The number of rotatable bonds is 2. The molecule has 0 saturated carbocycles. The second-order valence-electron chi connectivity index (χ2n) is 6.24. The van der Waals surface area contributed by atoms with Gasteiger partial charge in [0.2, 0.25) is 0 Å². The zero-order valence-electron chi connectivity index (χ0n) is 13.2. The van der Waals surface area contributed by atoms with Crippen LogP contribution in [0.4, 0.5) is 13.2 Å². The fourth-order valence-electron chi connectivity index (χ4n) is 3.50. The van der Waals surface area contributed by atoms with Gasteiger partial charge in [-0.1, -0.05) is 66.2 Å². The van der Waals surface area contributed by atoms with Crippen LogP contribution >= 0.6 is 11.6 Å². The van der Waals surface area contributed by atoms with E-state index in [4.69, 9.17) is 11.6 Å². The lowest BCUT2D eigenvalue weighted by Crippen LogP contribution is -2.11. The van der Waals surface area contributed by atoms with E-state index in [1.807, 2.05) is 54.6 Å². The first-order chi connectivity index (χ1) is 11.9. The highest BCUT2D eigenvalue weighted by molar-refractivity contribution is 6.33. The van der Waals surface area contributed by atoms with E-state index in [0.29, 0.717) is 12.0 Å². The van der Waals surface area contributed by atoms with Gasteiger partial charge in [0.15, 0.2) is 0 Å². The largest absolute Gasteiger partial charge is 0.416 e. The van der Waals surface area contributed by atoms with Crippen LogP contribution in [0.25, 0.3) is 11.1 Å². The zero-order chi connectivity index (χ0) is 17.6. The van der Waals surface area contributed by atoms with Gasteiger partial charge in [0.25, 0.3) is 0 Å². The number of benzene rings is 3. The summed E-state index contributed by atoms with van der Waals surface area (Å²) >= 11 is 6.51. The van der Waals surface area contributed by atoms with Gasteiger partial charge in [0.1, 0.15) is 0 Å². The Balaban J connectivity index is 1.92. The summed E-state index contributed by atoms with van der Waals surface area (Å²) in [6.45, 7) is 0. The fraction of sp³-hybridized carbons (Fsp3) is 0.143. The first-order valence-corrected chi connectivity index (χ1v) is 8.36. The monoisotopic (exact) mass is 358 g/mol. The predicted octanol–water partition coefficient (Wildman–Crippen LogP) is 6.52. The molecule has 0 unspecified atom stereocenters. The smallest absolute Gasteiger partial charge is 0.166 e. The molecular formula is C21H14ClF3. The van der Waals surface area contributed by atoms with Gasteiger partial charge in [-0.25, -0.2) is 0 Å². The third-order valence-corrected chi connectivity index (χ3v) is 5.13. The van der Waals surface area contributed by atoms with E-state index in [0.717, 1.165) is 22.3 Å². The van der Waals surface area contributed by atoms with E-state index in [1.54, 1.807) is 0 Å². The summed E-state index contributed by atoms with van der Waals surface area (Å²) in [5.41, 5.74) is 3.58.